The summed E-state index contributed by atoms with van der Waals surface area (Å²) in [7, 11) is 0. The highest BCUT2D eigenvalue weighted by Crippen LogP contribution is 2.15. The lowest BCUT2D eigenvalue weighted by atomic mass is 10.1. The lowest BCUT2D eigenvalue weighted by molar-refractivity contribution is -0.120. The van der Waals surface area contributed by atoms with Gasteiger partial charge in [0.05, 0.1) is 12.5 Å². The molecular weight excluding hydrogens is 284 g/mol. The normalized spacial score (nSPS) is 12.2. The average Bonchev–Trinajstić information content (AvgIpc) is 2.95. The summed E-state index contributed by atoms with van der Waals surface area (Å²) in [5.74, 6) is -2.46. The molecule has 3 nitrogen and oxygen atoms in total. The number of rotatable bonds is 5. The van der Waals surface area contributed by atoms with Gasteiger partial charge in [0, 0.05) is 12.1 Å². The number of hydrogen-bond acceptors (Lipinski definition) is 3. The molecule has 0 aliphatic carbocycles. The summed E-state index contributed by atoms with van der Waals surface area (Å²) in [5.41, 5.74) is 0.708. The minimum Gasteiger partial charge on any atom is -0.387 e. The quantitative estimate of drug-likeness (QED) is 0.890. The van der Waals surface area contributed by atoms with E-state index < -0.39 is 23.6 Å². The van der Waals surface area contributed by atoms with E-state index in [1.807, 2.05) is 5.38 Å². The lowest BCUT2D eigenvalue weighted by Crippen LogP contribution is -2.29. The Labute approximate surface area is 118 Å². The summed E-state index contributed by atoms with van der Waals surface area (Å²) in [6.45, 7) is 0.0342. The molecule has 106 valence electrons. The Hall–Kier alpha value is -1.79. The zero-order valence-electron chi connectivity index (χ0n) is 10.5. The van der Waals surface area contributed by atoms with Crippen molar-refractivity contribution in [3.05, 3.63) is 57.8 Å². The fourth-order valence-electron chi connectivity index (χ4n) is 1.71. The van der Waals surface area contributed by atoms with Crippen molar-refractivity contribution in [2.24, 2.45) is 0 Å². The van der Waals surface area contributed by atoms with E-state index in [1.54, 1.807) is 11.4 Å². The molecule has 1 unspecified atom stereocenters. The topological polar surface area (TPSA) is 49.3 Å². The van der Waals surface area contributed by atoms with Crippen LogP contribution in [-0.4, -0.2) is 17.6 Å². The van der Waals surface area contributed by atoms with Gasteiger partial charge in [-0.25, -0.2) is 8.78 Å². The van der Waals surface area contributed by atoms with Crippen molar-refractivity contribution in [2.75, 3.05) is 6.54 Å². The van der Waals surface area contributed by atoms with Crippen LogP contribution in [0.15, 0.2) is 35.0 Å². The molecule has 1 heterocycles. The van der Waals surface area contributed by atoms with Gasteiger partial charge in [0.1, 0.15) is 0 Å². The third-order valence-electron chi connectivity index (χ3n) is 2.80. The Morgan fingerprint density at radius 3 is 2.85 bits per heavy atom. The van der Waals surface area contributed by atoms with Crippen LogP contribution >= 0.6 is 11.3 Å². The number of halogens is 2. The van der Waals surface area contributed by atoms with Gasteiger partial charge in [-0.15, -0.1) is 0 Å². The molecule has 0 spiro atoms. The predicted molar refractivity (Wildman–Crippen MR) is 72.4 cm³/mol. The molecule has 0 bridgehead atoms. The second-order valence-electron chi connectivity index (χ2n) is 4.27. The molecule has 2 aromatic rings. The van der Waals surface area contributed by atoms with Crippen LogP contribution in [-0.2, 0) is 11.2 Å². The third kappa shape index (κ3) is 3.61. The number of aliphatic hydroxyl groups excluding tert-OH is 1. The summed E-state index contributed by atoms with van der Waals surface area (Å²) < 4.78 is 26.4. The van der Waals surface area contributed by atoms with E-state index >= 15 is 0 Å². The number of hydrogen-bond donors (Lipinski definition) is 2. The number of aliphatic hydroxyl groups is 1. The van der Waals surface area contributed by atoms with Gasteiger partial charge in [0.2, 0.25) is 5.91 Å². The molecule has 0 fully saturated rings. The first kappa shape index (κ1) is 14.6. The maximum Gasteiger partial charge on any atom is 0.224 e. The van der Waals surface area contributed by atoms with E-state index in [0.717, 1.165) is 6.07 Å². The second kappa shape index (κ2) is 6.58. The van der Waals surface area contributed by atoms with Crippen molar-refractivity contribution >= 4 is 17.2 Å². The van der Waals surface area contributed by atoms with Crippen LogP contribution in [0.25, 0.3) is 0 Å². The molecule has 1 aromatic carbocycles. The molecule has 1 amide bonds. The highest BCUT2D eigenvalue weighted by Gasteiger charge is 2.13. The van der Waals surface area contributed by atoms with E-state index in [4.69, 9.17) is 0 Å². The molecule has 0 aliphatic heterocycles. The fraction of sp³-hybridized carbons (Fsp3) is 0.214. The van der Waals surface area contributed by atoms with E-state index in [1.165, 1.54) is 23.5 Å². The molecule has 1 atom stereocenters. The van der Waals surface area contributed by atoms with Gasteiger partial charge in [-0.1, -0.05) is 12.1 Å². The van der Waals surface area contributed by atoms with Crippen LogP contribution in [0.5, 0.6) is 0 Å². The first-order valence-electron chi connectivity index (χ1n) is 5.97. The smallest absolute Gasteiger partial charge is 0.224 e. The van der Waals surface area contributed by atoms with E-state index in [0.29, 0.717) is 5.56 Å². The summed E-state index contributed by atoms with van der Waals surface area (Å²) in [6, 6.07) is 5.46. The number of thiophene rings is 1. The molecule has 0 saturated heterocycles. The number of nitrogens with one attached hydrogen (secondary N) is 1. The molecule has 6 heteroatoms. The van der Waals surface area contributed by atoms with Gasteiger partial charge in [0.25, 0.3) is 0 Å². The first-order chi connectivity index (χ1) is 9.58. The van der Waals surface area contributed by atoms with Crippen molar-refractivity contribution in [3.8, 4) is 0 Å². The number of carbonyl (C=O) groups is 1. The Morgan fingerprint density at radius 2 is 2.15 bits per heavy atom. The van der Waals surface area contributed by atoms with Gasteiger partial charge >= 0.3 is 0 Å². The van der Waals surface area contributed by atoms with Crippen molar-refractivity contribution < 1.29 is 18.7 Å². The maximum atomic E-state index is 13.4. The molecule has 0 saturated carbocycles. The SMILES string of the molecule is O=C(Cc1cccc(F)c1F)NCC(O)c1ccsc1. The van der Waals surface area contributed by atoms with Crippen molar-refractivity contribution in [1.29, 1.82) is 0 Å². The monoisotopic (exact) mass is 297 g/mol. The highest BCUT2D eigenvalue weighted by atomic mass is 32.1. The average molecular weight is 297 g/mol. The summed E-state index contributed by atoms with van der Waals surface area (Å²) in [6.07, 6.45) is -1.07. The van der Waals surface area contributed by atoms with Crippen molar-refractivity contribution in [1.82, 2.24) is 5.32 Å². The maximum absolute atomic E-state index is 13.4. The number of carbonyl (C=O) groups excluding carboxylic acids is 1. The molecule has 2 N–H and O–H groups in total. The molecule has 20 heavy (non-hydrogen) atoms. The number of amides is 1. The van der Waals surface area contributed by atoms with E-state index in [2.05, 4.69) is 5.32 Å². The van der Waals surface area contributed by atoms with E-state index in [-0.39, 0.29) is 18.5 Å². The lowest BCUT2D eigenvalue weighted by Gasteiger charge is -2.11. The fourth-order valence-corrected chi connectivity index (χ4v) is 2.42. The zero-order valence-corrected chi connectivity index (χ0v) is 11.3. The standard InChI is InChI=1S/C14H13F2NO2S/c15-11-3-1-2-9(14(11)16)6-13(19)17-7-12(18)10-4-5-20-8-10/h1-5,8,12,18H,6-7H2,(H,17,19). The predicted octanol–water partition coefficient (Wildman–Crippen LogP) is 2.42. The summed E-state index contributed by atoms with van der Waals surface area (Å²) >= 11 is 1.44. The number of benzene rings is 1. The largest absolute Gasteiger partial charge is 0.387 e. The Balaban J connectivity index is 1.88. The Bertz CT molecular complexity index is 587. The minimum atomic E-state index is -1.01. The Morgan fingerprint density at radius 1 is 1.35 bits per heavy atom. The molecule has 0 aliphatic rings. The van der Waals surface area contributed by atoms with Crippen molar-refractivity contribution in [2.45, 2.75) is 12.5 Å². The van der Waals surface area contributed by atoms with Gasteiger partial charge in [-0.3, -0.25) is 4.79 Å². The van der Waals surface area contributed by atoms with E-state index in [9.17, 15) is 18.7 Å². The Kier molecular flexibility index (Phi) is 4.81. The molecule has 2 rings (SSSR count). The van der Waals surface area contributed by atoms with Gasteiger partial charge in [-0.2, -0.15) is 11.3 Å². The van der Waals surface area contributed by atoms with Crippen molar-refractivity contribution in [3.63, 3.8) is 0 Å². The second-order valence-corrected chi connectivity index (χ2v) is 5.05. The van der Waals surface area contributed by atoms with Gasteiger partial charge in [0.15, 0.2) is 11.6 Å². The van der Waals surface area contributed by atoms with Crippen LogP contribution in [0.4, 0.5) is 8.78 Å². The molecule has 0 radical (unpaired) electrons. The van der Waals surface area contributed by atoms with Gasteiger partial charge < -0.3 is 10.4 Å². The third-order valence-corrected chi connectivity index (χ3v) is 3.50. The molecule has 1 aromatic heterocycles. The molecular formula is C14H13F2NO2S. The summed E-state index contributed by atoms with van der Waals surface area (Å²) in [4.78, 5) is 11.6. The first-order valence-corrected chi connectivity index (χ1v) is 6.92. The zero-order chi connectivity index (χ0) is 14.5. The highest BCUT2D eigenvalue weighted by molar-refractivity contribution is 7.07. The van der Waals surface area contributed by atoms with Crippen LogP contribution in [0.2, 0.25) is 0 Å². The van der Waals surface area contributed by atoms with Crippen LogP contribution in [0.3, 0.4) is 0 Å². The van der Waals surface area contributed by atoms with Gasteiger partial charge in [-0.05, 0) is 28.5 Å². The minimum absolute atomic E-state index is 0.00692. The van der Waals surface area contributed by atoms with Crippen LogP contribution in [0.1, 0.15) is 17.2 Å². The van der Waals surface area contributed by atoms with Crippen LogP contribution in [0, 0.1) is 11.6 Å². The van der Waals surface area contributed by atoms with Crippen LogP contribution < -0.4 is 5.32 Å². The summed E-state index contributed by atoms with van der Waals surface area (Å²) in [5, 5.41) is 15.9.